The zero-order valence-electron chi connectivity index (χ0n) is 8.76. The summed E-state index contributed by atoms with van der Waals surface area (Å²) in [5.41, 5.74) is -0.535. The van der Waals surface area contributed by atoms with Crippen LogP contribution < -0.4 is 5.56 Å². The molecule has 1 fully saturated rings. The average molecular weight is 279 g/mol. The van der Waals surface area contributed by atoms with Crippen molar-refractivity contribution in [3.05, 3.63) is 27.6 Å². The van der Waals surface area contributed by atoms with Crippen LogP contribution in [0.25, 0.3) is 0 Å². The van der Waals surface area contributed by atoms with Crippen molar-refractivity contribution in [3.8, 4) is 0 Å². The lowest BCUT2D eigenvalue weighted by Gasteiger charge is -2.15. The second kappa shape index (κ2) is 4.41. The Morgan fingerprint density at radius 2 is 2.24 bits per heavy atom. The summed E-state index contributed by atoms with van der Waals surface area (Å²) in [6.07, 6.45) is 0.882. The zero-order chi connectivity index (χ0) is 12.6. The number of aliphatic hydroxyl groups excluding tert-OH is 1. The lowest BCUT2D eigenvalue weighted by molar-refractivity contribution is 0.189. The Bertz CT molecular complexity index is 583. The number of aromatic nitrogens is 1. The first-order chi connectivity index (χ1) is 7.91. The number of aromatic amines is 1. The summed E-state index contributed by atoms with van der Waals surface area (Å²) in [6.45, 7) is 0.333. The molecule has 0 bridgehead atoms. The van der Waals surface area contributed by atoms with E-state index in [1.807, 2.05) is 0 Å². The fourth-order valence-electron chi connectivity index (χ4n) is 1.66. The van der Waals surface area contributed by atoms with Gasteiger partial charge in [0, 0.05) is 19.3 Å². The van der Waals surface area contributed by atoms with Crippen LogP contribution in [0.4, 0.5) is 0 Å². The van der Waals surface area contributed by atoms with E-state index in [0.29, 0.717) is 6.42 Å². The van der Waals surface area contributed by atoms with Gasteiger partial charge in [0.05, 0.1) is 11.0 Å². The second-order valence-electron chi connectivity index (χ2n) is 3.82. The van der Waals surface area contributed by atoms with E-state index < -0.39 is 21.7 Å². The molecule has 17 heavy (non-hydrogen) atoms. The van der Waals surface area contributed by atoms with Crippen molar-refractivity contribution in [2.24, 2.45) is 0 Å². The number of β-amino-alcohol motifs (C(OH)–C–C–N with tert-alkyl or cyclic N) is 1. The minimum Gasteiger partial charge on any atom is -0.392 e. The molecule has 2 heterocycles. The van der Waals surface area contributed by atoms with Crippen LogP contribution in [0.15, 0.2) is 22.0 Å². The van der Waals surface area contributed by atoms with Gasteiger partial charge in [-0.25, -0.2) is 8.42 Å². The molecule has 0 amide bonds. The minimum atomic E-state index is -3.69. The first-order valence-corrected chi connectivity index (χ1v) is 6.79. The summed E-state index contributed by atoms with van der Waals surface area (Å²) >= 11 is 5.58. The lowest BCUT2D eigenvalue weighted by atomic mass is 10.3. The Kier molecular flexibility index (Phi) is 3.26. The fourth-order valence-corrected chi connectivity index (χ4v) is 3.39. The van der Waals surface area contributed by atoms with Gasteiger partial charge in [-0.2, -0.15) is 4.31 Å². The zero-order valence-corrected chi connectivity index (χ0v) is 10.3. The van der Waals surface area contributed by atoms with Gasteiger partial charge < -0.3 is 10.1 Å². The largest absolute Gasteiger partial charge is 0.392 e. The highest BCUT2D eigenvalue weighted by atomic mass is 35.5. The molecular formula is C9H11ClN2O4S. The van der Waals surface area contributed by atoms with E-state index in [-0.39, 0.29) is 23.0 Å². The van der Waals surface area contributed by atoms with Crippen molar-refractivity contribution in [2.75, 3.05) is 13.1 Å². The standard InChI is InChI=1S/C9H11ClN2O4S/c10-8-3-7(4-11-9(8)14)17(15,16)12-2-1-6(13)5-12/h3-4,6,13H,1-2,5H2,(H,11,14). The predicted octanol–water partition coefficient (Wildman–Crippen LogP) is -0.216. The highest BCUT2D eigenvalue weighted by molar-refractivity contribution is 7.89. The van der Waals surface area contributed by atoms with E-state index in [0.717, 1.165) is 12.3 Å². The summed E-state index contributed by atoms with van der Waals surface area (Å²) in [4.78, 5) is 13.2. The van der Waals surface area contributed by atoms with Crippen LogP contribution in [0.3, 0.4) is 0 Å². The molecular weight excluding hydrogens is 268 g/mol. The van der Waals surface area contributed by atoms with Crippen molar-refractivity contribution in [3.63, 3.8) is 0 Å². The highest BCUT2D eigenvalue weighted by Gasteiger charge is 2.31. The van der Waals surface area contributed by atoms with E-state index in [2.05, 4.69) is 4.98 Å². The van der Waals surface area contributed by atoms with Crippen LogP contribution in [0.1, 0.15) is 6.42 Å². The number of pyridine rings is 1. The van der Waals surface area contributed by atoms with E-state index in [1.165, 1.54) is 4.31 Å². The highest BCUT2D eigenvalue weighted by Crippen LogP contribution is 2.21. The third kappa shape index (κ3) is 2.37. The van der Waals surface area contributed by atoms with E-state index in [1.54, 1.807) is 0 Å². The van der Waals surface area contributed by atoms with E-state index >= 15 is 0 Å². The number of sulfonamides is 1. The Labute approximate surface area is 103 Å². The number of H-pyrrole nitrogens is 1. The van der Waals surface area contributed by atoms with E-state index in [9.17, 15) is 18.3 Å². The van der Waals surface area contributed by atoms with Gasteiger partial charge in [-0.15, -0.1) is 0 Å². The van der Waals surface area contributed by atoms with Gasteiger partial charge in [-0.1, -0.05) is 11.6 Å². The molecule has 0 radical (unpaired) electrons. The molecule has 1 aromatic heterocycles. The van der Waals surface area contributed by atoms with Crippen molar-refractivity contribution in [1.29, 1.82) is 0 Å². The van der Waals surface area contributed by atoms with Crippen molar-refractivity contribution >= 4 is 21.6 Å². The molecule has 1 aliphatic rings. The number of aliphatic hydroxyl groups is 1. The number of nitrogens with zero attached hydrogens (tertiary/aromatic N) is 1. The number of hydrogen-bond acceptors (Lipinski definition) is 4. The van der Waals surface area contributed by atoms with Gasteiger partial charge in [0.25, 0.3) is 5.56 Å². The van der Waals surface area contributed by atoms with Crippen LogP contribution in [0.2, 0.25) is 5.02 Å². The molecule has 6 nitrogen and oxygen atoms in total. The molecule has 1 aliphatic heterocycles. The third-order valence-corrected chi connectivity index (χ3v) is 4.72. The smallest absolute Gasteiger partial charge is 0.266 e. The third-order valence-electron chi connectivity index (χ3n) is 2.60. The van der Waals surface area contributed by atoms with Crippen molar-refractivity contribution in [2.45, 2.75) is 17.4 Å². The van der Waals surface area contributed by atoms with Gasteiger partial charge in [0.1, 0.15) is 5.02 Å². The Hall–Kier alpha value is -0.890. The van der Waals surface area contributed by atoms with Crippen LogP contribution >= 0.6 is 11.6 Å². The maximum Gasteiger partial charge on any atom is 0.266 e. The van der Waals surface area contributed by atoms with Gasteiger partial charge in [0.2, 0.25) is 10.0 Å². The maximum absolute atomic E-state index is 12.1. The molecule has 0 saturated carbocycles. The molecule has 0 aromatic carbocycles. The van der Waals surface area contributed by atoms with Crippen LogP contribution in [0, 0.1) is 0 Å². The van der Waals surface area contributed by atoms with Gasteiger partial charge in [-0.3, -0.25) is 4.79 Å². The van der Waals surface area contributed by atoms with Crippen molar-refractivity contribution < 1.29 is 13.5 Å². The first-order valence-electron chi connectivity index (χ1n) is 4.97. The van der Waals surface area contributed by atoms with Gasteiger partial charge in [0.15, 0.2) is 0 Å². The Morgan fingerprint density at radius 1 is 1.53 bits per heavy atom. The maximum atomic E-state index is 12.1. The first kappa shape index (κ1) is 12.6. The predicted molar refractivity (Wildman–Crippen MR) is 61.5 cm³/mol. The van der Waals surface area contributed by atoms with Crippen molar-refractivity contribution in [1.82, 2.24) is 9.29 Å². The average Bonchev–Trinajstić information content (AvgIpc) is 2.69. The van der Waals surface area contributed by atoms with Crippen LogP contribution in [-0.2, 0) is 10.0 Å². The van der Waals surface area contributed by atoms with Crippen LogP contribution in [0.5, 0.6) is 0 Å². The molecule has 1 atom stereocenters. The Balaban J connectivity index is 2.38. The molecule has 94 valence electrons. The molecule has 0 aliphatic carbocycles. The van der Waals surface area contributed by atoms with Gasteiger partial charge >= 0.3 is 0 Å². The molecule has 2 N–H and O–H groups in total. The summed E-state index contributed by atoms with van der Waals surface area (Å²) in [5, 5.41) is 9.14. The molecule has 1 aromatic rings. The topological polar surface area (TPSA) is 90.5 Å². The number of nitrogens with one attached hydrogen (secondary N) is 1. The Morgan fingerprint density at radius 3 is 2.76 bits per heavy atom. The lowest BCUT2D eigenvalue weighted by Crippen LogP contribution is -2.30. The number of hydrogen-bond donors (Lipinski definition) is 2. The monoisotopic (exact) mass is 278 g/mol. The molecule has 2 rings (SSSR count). The summed E-state index contributed by atoms with van der Waals surface area (Å²) in [7, 11) is -3.69. The molecule has 0 spiro atoms. The van der Waals surface area contributed by atoms with E-state index in [4.69, 9.17) is 11.6 Å². The fraction of sp³-hybridized carbons (Fsp3) is 0.444. The number of halogens is 1. The summed E-state index contributed by atoms with van der Waals surface area (Å²) in [5.74, 6) is 0. The molecule has 8 heteroatoms. The summed E-state index contributed by atoms with van der Waals surface area (Å²) in [6, 6.07) is 1.11. The van der Waals surface area contributed by atoms with Crippen LogP contribution in [-0.4, -0.2) is 42.0 Å². The number of rotatable bonds is 2. The summed E-state index contributed by atoms with van der Waals surface area (Å²) < 4.78 is 25.3. The minimum absolute atomic E-state index is 0.0685. The normalized spacial score (nSPS) is 21.9. The molecule has 1 unspecified atom stereocenters. The van der Waals surface area contributed by atoms with Gasteiger partial charge in [-0.05, 0) is 12.5 Å². The SMILES string of the molecule is O=c1[nH]cc(S(=O)(=O)N2CCC(O)C2)cc1Cl. The molecule has 1 saturated heterocycles. The quantitative estimate of drug-likeness (QED) is 0.783. The second-order valence-corrected chi connectivity index (χ2v) is 6.16.